The molecular weight excluding hydrogens is 438 g/mol. The van der Waals surface area contributed by atoms with Gasteiger partial charge >= 0.3 is 6.09 Å². The number of fused-ring (bicyclic) bond motifs is 6. The van der Waals surface area contributed by atoms with Crippen LogP contribution in [0.3, 0.4) is 0 Å². The lowest BCUT2D eigenvalue weighted by Crippen LogP contribution is -2.52. The van der Waals surface area contributed by atoms with Gasteiger partial charge in [-0.1, -0.05) is 54.6 Å². The number of carbonyl (C=O) groups excluding carboxylic acids is 1. The van der Waals surface area contributed by atoms with Crippen LogP contribution in [0.2, 0.25) is 0 Å². The lowest BCUT2D eigenvalue weighted by molar-refractivity contribution is -0.0565. The summed E-state index contributed by atoms with van der Waals surface area (Å²) in [5.74, 6) is 0.0459. The maximum atomic E-state index is 13.4. The number of aromatic nitrogens is 2. The zero-order valence-electron chi connectivity index (χ0n) is 19.4. The van der Waals surface area contributed by atoms with Crippen LogP contribution < -0.4 is 0 Å². The second kappa shape index (κ2) is 7.68. The van der Waals surface area contributed by atoms with E-state index in [9.17, 15) is 9.90 Å². The number of rotatable bonds is 3. The van der Waals surface area contributed by atoms with Gasteiger partial charge < -0.3 is 19.1 Å². The first-order valence-electron chi connectivity index (χ1n) is 12.4. The molecule has 1 amide bonds. The topological polar surface area (TPSA) is 67.1 Å². The van der Waals surface area contributed by atoms with Crippen LogP contribution in [0.15, 0.2) is 79.1 Å². The average Bonchev–Trinajstić information content (AvgIpc) is 3.56. The Hall–Kier alpha value is -3.64. The first-order chi connectivity index (χ1) is 17.1. The van der Waals surface area contributed by atoms with Gasteiger partial charge in [0.2, 0.25) is 0 Å². The molecule has 2 unspecified atom stereocenters. The number of ether oxygens (including phenoxy) is 1. The molecule has 2 bridgehead atoms. The van der Waals surface area contributed by atoms with E-state index in [0.717, 1.165) is 24.2 Å². The van der Waals surface area contributed by atoms with Gasteiger partial charge in [0, 0.05) is 43.2 Å². The van der Waals surface area contributed by atoms with Crippen LogP contribution in [0.25, 0.3) is 16.8 Å². The predicted octanol–water partition coefficient (Wildman–Crippen LogP) is 5.10. The molecule has 7 rings (SSSR count). The summed E-state index contributed by atoms with van der Waals surface area (Å²) in [4.78, 5) is 19.6. The molecule has 2 aromatic carbocycles. The molecule has 35 heavy (non-hydrogen) atoms. The molecule has 2 aliphatic heterocycles. The molecular formula is C29H27N3O3. The minimum absolute atomic E-state index is 0.0341. The van der Waals surface area contributed by atoms with Crippen LogP contribution in [-0.2, 0) is 10.3 Å². The van der Waals surface area contributed by atoms with Crippen molar-refractivity contribution in [3.8, 4) is 11.1 Å². The fraction of sp³-hybridized carbons (Fsp3) is 0.310. The summed E-state index contributed by atoms with van der Waals surface area (Å²) < 4.78 is 7.94. The lowest BCUT2D eigenvalue weighted by atomic mass is 9.83. The Bertz CT molecular complexity index is 1380. The van der Waals surface area contributed by atoms with Gasteiger partial charge in [-0.3, -0.25) is 0 Å². The van der Waals surface area contributed by atoms with E-state index >= 15 is 0 Å². The Balaban J connectivity index is 1.11. The minimum atomic E-state index is -0.994. The van der Waals surface area contributed by atoms with Gasteiger partial charge in [-0.2, -0.15) is 0 Å². The summed E-state index contributed by atoms with van der Waals surface area (Å²) in [5, 5.41) is 11.7. The number of carbonyl (C=O) groups is 1. The first kappa shape index (κ1) is 20.7. The number of aliphatic hydroxyl groups is 1. The van der Waals surface area contributed by atoms with Crippen LogP contribution in [0, 0.1) is 0 Å². The number of amides is 1. The van der Waals surface area contributed by atoms with E-state index in [2.05, 4.69) is 41.4 Å². The zero-order chi connectivity index (χ0) is 23.6. The highest BCUT2D eigenvalue weighted by molar-refractivity contribution is 5.79. The summed E-state index contributed by atoms with van der Waals surface area (Å²) >= 11 is 0. The van der Waals surface area contributed by atoms with Crippen molar-refractivity contribution < 1.29 is 14.6 Å². The predicted molar refractivity (Wildman–Crippen MR) is 132 cm³/mol. The summed E-state index contributed by atoms with van der Waals surface area (Å²) in [6.45, 7) is 0.321. The van der Waals surface area contributed by atoms with Crippen molar-refractivity contribution in [3.05, 3.63) is 95.9 Å². The molecule has 3 aliphatic rings. The summed E-state index contributed by atoms with van der Waals surface area (Å²) in [6, 6.07) is 22.5. The maximum Gasteiger partial charge on any atom is 0.410 e. The second-order valence-electron chi connectivity index (χ2n) is 10.1. The van der Waals surface area contributed by atoms with Crippen LogP contribution in [0.5, 0.6) is 0 Å². The Morgan fingerprint density at radius 3 is 2.29 bits per heavy atom. The molecule has 1 N–H and O–H groups in total. The molecule has 0 spiro atoms. The molecule has 1 aliphatic carbocycles. The SMILES string of the molecule is O=C(OCC1c2ccccc2-c2ccccc21)N1C2CCC1CC(O)(c1cccc3nccn13)C2. The molecule has 0 saturated carbocycles. The van der Waals surface area contributed by atoms with E-state index in [1.165, 1.54) is 22.3 Å². The van der Waals surface area contributed by atoms with E-state index < -0.39 is 5.60 Å². The van der Waals surface area contributed by atoms with Crippen LogP contribution in [-0.4, -0.2) is 44.2 Å². The number of hydrogen-bond donors (Lipinski definition) is 1. The number of nitrogens with zero attached hydrogens (tertiary/aromatic N) is 3. The first-order valence-corrected chi connectivity index (χ1v) is 12.4. The van der Waals surface area contributed by atoms with Crippen LogP contribution >= 0.6 is 0 Å². The highest BCUT2D eigenvalue weighted by atomic mass is 16.6. The zero-order valence-corrected chi connectivity index (χ0v) is 19.4. The van der Waals surface area contributed by atoms with E-state index in [-0.39, 0.29) is 24.1 Å². The standard InChI is InChI=1S/C29H27N3O3/c33-28(35-18-25-23-8-3-1-6-21(23)22-7-2-4-9-24(22)25)32-19-12-13-20(32)17-29(34,16-19)26-10-5-11-27-30-14-15-31(26)27/h1-11,14-15,19-20,25,34H,12-13,16-18H2. The third-order valence-electron chi connectivity index (χ3n) is 8.22. The highest BCUT2D eigenvalue weighted by Gasteiger charge is 2.51. The Labute approximate surface area is 203 Å². The van der Waals surface area contributed by atoms with Gasteiger partial charge in [0.05, 0.1) is 5.69 Å². The Morgan fingerprint density at radius 2 is 1.60 bits per heavy atom. The van der Waals surface area contributed by atoms with E-state index in [1.54, 1.807) is 6.20 Å². The molecule has 4 heterocycles. The molecule has 2 atom stereocenters. The maximum absolute atomic E-state index is 13.4. The summed E-state index contributed by atoms with van der Waals surface area (Å²) in [6.07, 6.45) is 6.16. The average molecular weight is 466 g/mol. The van der Waals surface area contributed by atoms with E-state index in [1.807, 2.05) is 45.8 Å². The normalized spacial score (nSPS) is 25.0. The number of hydrogen-bond acceptors (Lipinski definition) is 4. The largest absolute Gasteiger partial charge is 0.448 e. The quantitative estimate of drug-likeness (QED) is 0.457. The minimum Gasteiger partial charge on any atom is -0.448 e. The van der Waals surface area contributed by atoms with Crippen molar-refractivity contribution >= 4 is 11.7 Å². The fourth-order valence-electron chi connectivity index (χ4n) is 6.73. The number of benzene rings is 2. The van der Waals surface area contributed by atoms with Gasteiger partial charge in [0.1, 0.15) is 17.9 Å². The Kier molecular flexibility index (Phi) is 4.55. The lowest BCUT2D eigenvalue weighted by Gasteiger charge is -2.43. The molecule has 2 aromatic heterocycles. The summed E-state index contributed by atoms with van der Waals surface area (Å²) in [7, 11) is 0. The molecule has 6 nitrogen and oxygen atoms in total. The molecule has 2 fully saturated rings. The van der Waals surface area contributed by atoms with Crippen molar-refractivity contribution in [2.24, 2.45) is 0 Å². The van der Waals surface area contributed by atoms with Crippen molar-refractivity contribution in [2.75, 3.05) is 6.61 Å². The van der Waals surface area contributed by atoms with Gasteiger partial charge in [-0.05, 0) is 47.2 Å². The molecule has 0 radical (unpaired) electrons. The van der Waals surface area contributed by atoms with Crippen molar-refractivity contribution in [1.29, 1.82) is 0 Å². The number of imidazole rings is 1. The number of pyridine rings is 1. The van der Waals surface area contributed by atoms with Crippen LogP contribution in [0.1, 0.15) is 48.4 Å². The number of piperidine rings is 1. The molecule has 2 saturated heterocycles. The van der Waals surface area contributed by atoms with Crippen LogP contribution in [0.4, 0.5) is 4.79 Å². The highest BCUT2D eigenvalue weighted by Crippen LogP contribution is 2.47. The van der Waals surface area contributed by atoms with Gasteiger partial charge in [-0.25, -0.2) is 9.78 Å². The fourth-order valence-corrected chi connectivity index (χ4v) is 6.73. The van der Waals surface area contributed by atoms with Crippen molar-refractivity contribution in [3.63, 3.8) is 0 Å². The Morgan fingerprint density at radius 1 is 0.943 bits per heavy atom. The smallest absolute Gasteiger partial charge is 0.410 e. The molecule has 4 aromatic rings. The third kappa shape index (κ3) is 3.13. The van der Waals surface area contributed by atoms with E-state index in [4.69, 9.17) is 4.74 Å². The van der Waals surface area contributed by atoms with E-state index in [0.29, 0.717) is 19.4 Å². The summed E-state index contributed by atoms with van der Waals surface area (Å²) in [5.41, 5.74) is 5.55. The third-order valence-corrected chi connectivity index (χ3v) is 8.22. The van der Waals surface area contributed by atoms with Gasteiger partial charge in [0.25, 0.3) is 0 Å². The van der Waals surface area contributed by atoms with Crippen molar-refractivity contribution in [2.45, 2.75) is 49.3 Å². The molecule has 176 valence electrons. The monoisotopic (exact) mass is 465 g/mol. The van der Waals surface area contributed by atoms with Crippen molar-refractivity contribution in [1.82, 2.24) is 14.3 Å². The molecule has 6 heteroatoms. The van der Waals surface area contributed by atoms with Gasteiger partial charge in [-0.15, -0.1) is 0 Å². The second-order valence-corrected chi connectivity index (χ2v) is 10.1. The van der Waals surface area contributed by atoms with Gasteiger partial charge in [0.15, 0.2) is 0 Å².